The molecule has 0 bridgehead atoms. The summed E-state index contributed by atoms with van der Waals surface area (Å²) in [6.07, 6.45) is 4.62. The summed E-state index contributed by atoms with van der Waals surface area (Å²) in [5.41, 5.74) is 1.33. The van der Waals surface area contributed by atoms with Crippen molar-refractivity contribution in [1.82, 2.24) is 0 Å². The van der Waals surface area contributed by atoms with E-state index in [1.54, 1.807) is 42.5 Å². The van der Waals surface area contributed by atoms with E-state index >= 15 is 0 Å². The molecular formula is C19H19FO3. The Bertz CT molecular complexity index is 645. The van der Waals surface area contributed by atoms with Crippen LogP contribution in [-0.2, 0) is 0 Å². The molecule has 0 fully saturated rings. The lowest BCUT2D eigenvalue weighted by molar-refractivity contribution is 0.104. The summed E-state index contributed by atoms with van der Waals surface area (Å²) in [6.45, 7) is 0.704. The molecule has 4 heteroatoms. The van der Waals surface area contributed by atoms with Crippen LogP contribution in [0.1, 0.15) is 28.8 Å². The summed E-state index contributed by atoms with van der Waals surface area (Å²) in [5.74, 6) is 0.270. The van der Waals surface area contributed by atoms with E-state index in [1.165, 1.54) is 18.2 Å². The lowest BCUT2D eigenvalue weighted by atomic mass is 10.1. The summed E-state index contributed by atoms with van der Waals surface area (Å²) < 4.78 is 18.3. The summed E-state index contributed by atoms with van der Waals surface area (Å²) in [6, 6.07) is 12.8. The van der Waals surface area contributed by atoms with E-state index in [1.807, 2.05) is 0 Å². The average molecular weight is 314 g/mol. The van der Waals surface area contributed by atoms with Crippen LogP contribution in [0.3, 0.4) is 0 Å². The maximum absolute atomic E-state index is 12.8. The van der Waals surface area contributed by atoms with Crippen molar-refractivity contribution < 1.29 is 19.0 Å². The first-order valence-electron chi connectivity index (χ1n) is 7.51. The van der Waals surface area contributed by atoms with E-state index in [9.17, 15) is 9.18 Å². The zero-order chi connectivity index (χ0) is 16.5. The number of halogens is 1. The third-order valence-corrected chi connectivity index (χ3v) is 3.26. The molecule has 2 rings (SSSR count). The Morgan fingerprint density at radius 3 is 2.39 bits per heavy atom. The number of aliphatic hydroxyl groups excluding tert-OH is 1. The number of unbranched alkanes of at least 4 members (excludes halogenated alkanes) is 1. The molecule has 0 saturated heterocycles. The lowest BCUT2D eigenvalue weighted by Crippen LogP contribution is -1.99. The van der Waals surface area contributed by atoms with E-state index in [0.29, 0.717) is 24.3 Å². The summed E-state index contributed by atoms with van der Waals surface area (Å²) >= 11 is 0. The average Bonchev–Trinajstić information content (AvgIpc) is 2.58. The van der Waals surface area contributed by atoms with Crippen molar-refractivity contribution in [3.63, 3.8) is 0 Å². The molecule has 0 saturated carbocycles. The molecule has 120 valence electrons. The number of allylic oxidation sites excluding steroid dienone is 1. The number of ketones is 1. The van der Waals surface area contributed by atoms with Gasteiger partial charge in [-0.1, -0.05) is 18.2 Å². The Morgan fingerprint density at radius 2 is 1.74 bits per heavy atom. The zero-order valence-electron chi connectivity index (χ0n) is 12.7. The third-order valence-electron chi connectivity index (χ3n) is 3.26. The van der Waals surface area contributed by atoms with Crippen LogP contribution in [0.15, 0.2) is 54.6 Å². The first-order valence-corrected chi connectivity index (χ1v) is 7.51. The van der Waals surface area contributed by atoms with Crippen molar-refractivity contribution in [2.24, 2.45) is 0 Å². The van der Waals surface area contributed by atoms with Gasteiger partial charge in [0.15, 0.2) is 5.78 Å². The van der Waals surface area contributed by atoms with Crippen LogP contribution in [0.5, 0.6) is 5.75 Å². The maximum Gasteiger partial charge on any atom is 0.185 e. The van der Waals surface area contributed by atoms with Gasteiger partial charge in [0.25, 0.3) is 0 Å². The number of aliphatic hydroxyl groups is 1. The molecule has 0 aliphatic carbocycles. The van der Waals surface area contributed by atoms with Crippen molar-refractivity contribution in [3.05, 3.63) is 71.6 Å². The van der Waals surface area contributed by atoms with Gasteiger partial charge in [-0.3, -0.25) is 4.79 Å². The molecule has 0 radical (unpaired) electrons. The van der Waals surface area contributed by atoms with Gasteiger partial charge in [0.1, 0.15) is 11.6 Å². The molecule has 3 nitrogen and oxygen atoms in total. The van der Waals surface area contributed by atoms with E-state index in [2.05, 4.69) is 0 Å². The second-order valence-corrected chi connectivity index (χ2v) is 5.05. The Labute approximate surface area is 135 Å². The fourth-order valence-corrected chi connectivity index (χ4v) is 1.96. The van der Waals surface area contributed by atoms with Crippen molar-refractivity contribution in [2.75, 3.05) is 13.2 Å². The van der Waals surface area contributed by atoms with Gasteiger partial charge in [0.05, 0.1) is 6.61 Å². The van der Waals surface area contributed by atoms with Gasteiger partial charge in [-0.25, -0.2) is 4.39 Å². The molecule has 0 heterocycles. The Balaban J connectivity index is 1.90. The van der Waals surface area contributed by atoms with E-state index < -0.39 is 0 Å². The highest BCUT2D eigenvalue weighted by molar-refractivity contribution is 6.06. The SMILES string of the molecule is O=C(/C=C/c1ccc(F)cc1)c1ccc(OCCCCO)cc1. The largest absolute Gasteiger partial charge is 0.494 e. The monoisotopic (exact) mass is 314 g/mol. The predicted octanol–water partition coefficient (Wildman–Crippen LogP) is 3.87. The van der Waals surface area contributed by atoms with Gasteiger partial charge in [0.2, 0.25) is 0 Å². The smallest absolute Gasteiger partial charge is 0.185 e. The minimum atomic E-state index is -0.303. The van der Waals surface area contributed by atoms with Crippen LogP contribution in [0.4, 0.5) is 4.39 Å². The minimum absolute atomic E-state index is 0.124. The predicted molar refractivity (Wildman–Crippen MR) is 88.0 cm³/mol. The molecule has 1 N–H and O–H groups in total. The molecule has 0 aromatic heterocycles. The molecule has 0 spiro atoms. The second-order valence-electron chi connectivity index (χ2n) is 5.05. The number of benzene rings is 2. The number of rotatable bonds is 8. The number of ether oxygens (including phenoxy) is 1. The Morgan fingerprint density at radius 1 is 1.04 bits per heavy atom. The molecule has 0 unspecified atom stereocenters. The first kappa shape index (κ1) is 16.9. The summed E-state index contributed by atoms with van der Waals surface area (Å²) in [7, 11) is 0. The fraction of sp³-hybridized carbons (Fsp3) is 0.211. The summed E-state index contributed by atoms with van der Waals surface area (Å²) in [4.78, 5) is 12.1. The van der Waals surface area contributed by atoms with E-state index in [0.717, 1.165) is 12.0 Å². The minimum Gasteiger partial charge on any atom is -0.494 e. The molecule has 0 atom stereocenters. The number of hydrogen-bond acceptors (Lipinski definition) is 3. The molecule has 0 amide bonds. The van der Waals surface area contributed by atoms with Gasteiger partial charge in [-0.15, -0.1) is 0 Å². The lowest BCUT2D eigenvalue weighted by Gasteiger charge is -2.05. The number of carbonyl (C=O) groups excluding carboxylic acids is 1. The van der Waals surface area contributed by atoms with Gasteiger partial charge in [0, 0.05) is 12.2 Å². The highest BCUT2D eigenvalue weighted by Gasteiger charge is 2.02. The van der Waals surface area contributed by atoms with Crippen molar-refractivity contribution >= 4 is 11.9 Å². The van der Waals surface area contributed by atoms with Gasteiger partial charge >= 0.3 is 0 Å². The van der Waals surface area contributed by atoms with Crippen molar-refractivity contribution in [1.29, 1.82) is 0 Å². The quantitative estimate of drug-likeness (QED) is 0.457. The number of hydrogen-bond donors (Lipinski definition) is 1. The van der Waals surface area contributed by atoms with Crippen molar-refractivity contribution in [2.45, 2.75) is 12.8 Å². The van der Waals surface area contributed by atoms with Crippen LogP contribution in [0, 0.1) is 5.82 Å². The highest BCUT2D eigenvalue weighted by Crippen LogP contribution is 2.14. The standard InChI is InChI=1S/C19H19FO3/c20-17-8-3-15(4-9-17)5-12-19(22)16-6-10-18(11-7-16)23-14-2-1-13-21/h3-12,21H,1-2,13-14H2/b12-5+. The normalized spacial score (nSPS) is 10.9. The van der Waals surface area contributed by atoms with Crippen molar-refractivity contribution in [3.8, 4) is 5.75 Å². The molecule has 0 aliphatic rings. The van der Waals surface area contributed by atoms with Crippen LogP contribution >= 0.6 is 0 Å². The van der Waals surface area contributed by atoms with Gasteiger partial charge in [-0.05, 0) is 60.9 Å². The molecule has 23 heavy (non-hydrogen) atoms. The molecule has 0 aliphatic heterocycles. The van der Waals surface area contributed by atoms with Crippen LogP contribution in [-0.4, -0.2) is 24.1 Å². The molecule has 2 aromatic carbocycles. The Kier molecular flexibility index (Phi) is 6.51. The Hall–Kier alpha value is -2.46. The third kappa shape index (κ3) is 5.68. The highest BCUT2D eigenvalue weighted by atomic mass is 19.1. The second kappa shape index (κ2) is 8.86. The van der Waals surface area contributed by atoms with E-state index in [4.69, 9.17) is 9.84 Å². The topological polar surface area (TPSA) is 46.5 Å². The van der Waals surface area contributed by atoms with Crippen LogP contribution in [0.2, 0.25) is 0 Å². The first-order chi connectivity index (χ1) is 11.2. The van der Waals surface area contributed by atoms with E-state index in [-0.39, 0.29) is 18.2 Å². The molecule has 2 aromatic rings. The zero-order valence-corrected chi connectivity index (χ0v) is 12.7. The maximum atomic E-state index is 12.8. The van der Waals surface area contributed by atoms with Crippen LogP contribution in [0.25, 0.3) is 6.08 Å². The van der Waals surface area contributed by atoms with Crippen LogP contribution < -0.4 is 4.74 Å². The van der Waals surface area contributed by atoms with Gasteiger partial charge in [-0.2, -0.15) is 0 Å². The van der Waals surface area contributed by atoms with Gasteiger partial charge < -0.3 is 9.84 Å². The molecular weight excluding hydrogens is 295 g/mol. The summed E-state index contributed by atoms with van der Waals surface area (Å²) in [5, 5.41) is 8.69. The number of carbonyl (C=O) groups is 1. The fourth-order valence-electron chi connectivity index (χ4n) is 1.96.